The van der Waals surface area contributed by atoms with Crippen LogP contribution in [0.25, 0.3) is 0 Å². The molecule has 1 aromatic rings. The van der Waals surface area contributed by atoms with Crippen LogP contribution in [-0.2, 0) is 0 Å². The first-order valence-corrected chi connectivity index (χ1v) is 7.21. The summed E-state index contributed by atoms with van der Waals surface area (Å²) in [6.45, 7) is 6.27. The van der Waals surface area contributed by atoms with Crippen molar-refractivity contribution in [3.05, 3.63) is 11.4 Å². The van der Waals surface area contributed by atoms with Crippen LogP contribution in [0, 0.1) is 19.8 Å². The smallest absolute Gasteiger partial charge is 0.131 e. The van der Waals surface area contributed by atoms with Gasteiger partial charge in [-0.3, -0.25) is 0 Å². The summed E-state index contributed by atoms with van der Waals surface area (Å²) in [5.41, 5.74) is 6.93. The molecule has 2 rings (SSSR count). The van der Waals surface area contributed by atoms with Gasteiger partial charge in [0.15, 0.2) is 0 Å². The first-order valence-electron chi connectivity index (χ1n) is 6.33. The Morgan fingerprint density at radius 1 is 1.24 bits per heavy atom. The van der Waals surface area contributed by atoms with Crippen molar-refractivity contribution in [3.63, 3.8) is 0 Å². The Morgan fingerprint density at radius 3 is 2.71 bits per heavy atom. The maximum atomic E-state index is 5.89. The molecule has 0 aromatic carbocycles. The van der Waals surface area contributed by atoms with Gasteiger partial charge in [-0.1, -0.05) is 19.8 Å². The molecule has 0 spiro atoms. The molecule has 0 amide bonds. The Bertz CT molecular complexity index is 406. The number of nitrogen functional groups attached to an aromatic ring is 1. The van der Waals surface area contributed by atoms with Crippen LogP contribution in [-0.4, -0.2) is 15.2 Å². The average Bonchev–Trinajstić information content (AvgIpc) is 2.25. The summed E-state index contributed by atoms with van der Waals surface area (Å²) in [6.07, 6.45) is 5.32. The van der Waals surface area contributed by atoms with E-state index in [1.165, 1.54) is 25.7 Å². The maximum Gasteiger partial charge on any atom is 0.131 e. The first kappa shape index (κ1) is 12.7. The van der Waals surface area contributed by atoms with E-state index in [0.717, 1.165) is 22.3 Å². The Hall–Kier alpha value is -0.770. The molecule has 2 unspecified atom stereocenters. The molecule has 94 valence electrons. The van der Waals surface area contributed by atoms with Crippen LogP contribution in [0.15, 0.2) is 5.03 Å². The second-order valence-electron chi connectivity index (χ2n) is 5.10. The number of hydrogen-bond acceptors (Lipinski definition) is 4. The van der Waals surface area contributed by atoms with Crippen molar-refractivity contribution in [2.75, 3.05) is 5.73 Å². The summed E-state index contributed by atoms with van der Waals surface area (Å²) in [5.74, 6) is 2.25. The number of nitrogens with zero attached hydrogens (tertiary/aromatic N) is 2. The van der Waals surface area contributed by atoms with Crippen LogP contribution in [0.5, 0.6) is 0 Å². The third kappa shape index (κ3) is 3.12. The van der Waals surface area contributed by atoms with Crippen molar-refractivity contribution in [1.29, 1.82) is 0 Å². The Morgan fingerprint density at radius 2 is 2.00 bits per heavy atom. The SMILES string of the molecule is Cc1nc(N)c(C)c(SC2CCCC(C)C2)n1. The van der Waals surface area contributed by atoms with E-state index in [2.05, 4.69) is 16.9 Å². The summed E-state index contributed by atoms with van der Waals surface area (Å²) in [6, 6.07) is 0. The number of nitrogens with two attached hydrogens (primary N) is 1. The fourth-order valence-electron chi connectivity index (χ4n) is 2.38. The quantitative estimate of drug-likeness (QED) is 0.819. The zero-order chi connectivity index (χ0) is 12.4. The molecular weight excluding hydrogens is 230 g/mol. The molecule has 1 saturated carbocycles. The van der Waals surface area contributed by atoms with Gasteiger partial charge in [-0.15, -0.1) is 11.8 Å². The number of aromatic nitrogens is 2. The van der Waals surface area contributed by atoms with E-state index in [1.807, 2.05) is 25.6 Å². The number of anilines is 1. The molecule has 0 saturated heterocycles. The first-order chi connectivity index (χ1) is 8.06. The predicted molar refractivity (Wildman–Crippen MR) is 73.2 cm³/mol. The van der Waals surface area contributed by atoms with Gasteiger partial charge in [0, 0.05) is 10.8 Å². The standard InChI is InChI=1S/C13H21N3S/c1-8-5-4-6-11(7-8)17-13-9(2)12(14)15-10(3)16-13/h8,11H,4-7H2,1-3H3,(H2,14,15,16). The van der Waals surface area contributed by atoms with Crippen molar-refractivity contribution in [1.82, 2.24) is 9.97 Å². The molecule has 1 heterocycles. The number of rotatable bonds is 2. The second kappa shape index (κ2) is 5.25. The Balaban J connectivity index is 2.12. The highest BCUT2D eigenvalue weighted by Crippen LogP contribution is 2.37. The number of hydrogen-bond donors (Lipinski definition) is 1. The van der Waals surface area contributed by atoms with E-state index in [1.54, 1.807) is 0 Å². The van der Waals surface area contributed by atoms with Gasteiger partial charge in [-0.05, 0) is 32.6 Å². The molecule has 0 radical (unpaired) electrons. The van der Waals surface area contributed by atoms with Crippen molar-refractivity contribution >= 4 is 17.6 Å². The molecule has 1 fully saturated rings. The van der Waals surface area contributed by atoms with E-state index in [0.29, 0.717) is 11.1 Å². The average molecular weight is 251 g/mol. The maximum absolute atomic E-state index is 5.89. The molecular formula is C13H21N3S. The molecule has 1 aliphatic carbocycles. The number of aryl methyl sites for hydroxylation is 1. The summed E-state index contributed by atoms with van der Waals surface area (Å²) in [7, 11) is 0. The topological polar surface area (TPSA) is 51.8 Å². The van der Waals surface area contributed by atoms with E-state index in [4.69, 9.17) is 5.73 Å². The molecule has 2 N–H and O–H groups in total. The van der Waals surface area contributed by atoms with Gasteiger partial charge < -0.3 is 5.73 Å². The molecule has 0 bridgehead atoms. The van der Waals surface area contributed by atoms with Gasteiger partial charge in [0.25, 0.3) is 0 Å². The lowest BCUT2D eigenvalue weighted by Gasteiger charge is -2.26. The van der Waals surface area contributed by atoms with Crippen molar-refractivity contribution in [2.45, 2.75) is 56.7 Å². The predicted octanol–water partition coefficient (Wildman–Crippen LogP) is 3.35. The Labute approximate surface area is 108 Å². The van der Waals surface area contributed by atoms with Crippen LogP contribution >= 0.6 is 11.8 Å². The van der Waals surface area contributed by atoms with Gasteiger partial charge in [-0.25, -0.2) is 9.97 Å². The monoisotopic (exact) mass is 251 g/mol. The molecule has 2 atom stereocenters. The largest absolute Gasteiger partial charge is 0.383 e. The molecule has 1 aliphatic rings. The van der Waals surface area contributed by atoms with E-state index < -0.39 is 0 Å². The third-order valence-electron chi connectivity index (χ3n) is 3.42. The molecule has 17 heavy (non-hydrogen) atoms. The zero-order valence-corrected chi connectivity index (χ0v) is 11.7. The van der Waals surface area contributed by atoms with Crippen molar-refractivity contribution < 1.29 is 0 Å². The summed E-state index contributed by atoms with van der Waals surface area (Å²) >= 11 is 1.89. The minimum Gasteiger partial charge on any atom is -0.383 e. The third-order valence-corrected chi connectivity index (χ3v) is 4.80. The van der Waals surface area contributed by atoms with Gasteiger partial charge in [0.1, 0.15) is 16.7 Å². The molecule has 1 aromatic heterocycles. The van der Waals surface area contributed by atoms with Crippen molar-refractivity contribution in [3.8, 4) is 0 Å². The molecule has 0 aliphatic heterocycles. The van der Waals surface area contributed by atoms with Crippen LogP contribution in [0.4, 0.5) is 5.82 Å². The second-order valence-corrected chi connectivity index (χ2v) is 6.39. The highest BCUT2D eigenvalue weighted by molar-refractivity contribution is 7.99. The fraction of sp³-hybridized carbons (Fsp3) is 0.692. The minimum atomic E-state index is 0.629. The van der Waals surface area contributed by atoms with Gasteiger partial charge in [-0.2, -0.15) is 0 Å². The minimum absolute atomic E-state index is 0.629. The van der Waals surface area contributed by atoms with E-state index in [-0.39, 0.29) is 0 Å². The van der Waals surface area contributed by atoms with Crippen LogP contribution in [0.1, 0.15) is 44.0 Å². The lowest BCUT2D eigenvalue weighted by atomic mass is 9.91. The summed E-state index contributed by atoms with van der Waals surface area (Å²) < 4.78 is 0. The number of thioether (sulfide) groups is 1. The summed E-state index contributed by atoms with van der Waals surface area (Å²) in [4.78, 5) is 8.72. The van der Waals surface area contributed by atoms with Crippen molar-refractivity contribution in [2.24, 2.45) is 5.92 Å². The molecule has 3 nitrogen and oxygen atoms in total. The van der Waals surface area contributed by atoms with E-state index >= 15 is 0 Å². The van der Waals surface area contributed by atoms with Crippen LogP contribution < -0.4 is 5.73 Å². The lowest BCUT2D eigenvalue weighted by molar-refractivity contribution is 0.394. The van der Waals surface area contributed by atoms with Gasteiger partial charge in [0.05, 0.1) is 0 Å². The lowest BCUT2D eigenvalue weighted by Crippen LogP contribution is -2.15. The van der Waals surface area contributed by atoms with Gasteiger partial charge in [0.2, 0.25) is 0 Å². The highest BCUT2D eigenvalue weighted by atomic mass is 32.2. The van der Waals surface area contributed by atoms with Gasteiger partial charge >= 0.3 is 0 Å². The summed E-state index contributed by atoms with van der Waals surface area (Å²) in [5, 5.41) is 1.78. The van der Waals surface area contributed by atoms with Crippen LogP contribution in [0.3, 0.4) is 0 Å². The van der Waals surface area contributed by atoms with E-state index in [9.17, 15) is 0 Å². The van der Waals surface area contributed by atoms with Crippen LogP contribution in [0.2, 0.25) is 0 Å². The molecule has 4 heteroatoms. The normalized spacial score (nSPS) is 24.9. The fourth-order valence-corrected chi connectivity index (χ4v) is 3.87. The highest BCUT2D eigenvalue weighted by Gasteiger charge is 2.21. The Kier molecular flexibility index (Phi) is 3.92. The zero-order valence-electron chi connectivity index (χ0n) is 10.9.